The highest BCUT2D eigenvalue weighted by Gasteiger charge is 2.34. The Balaban J connectivity index is 1.70. The minimum absolute atomic E-state index is 0.210. The molecule has 0 amide bonds. The Kier molecular flexibility index (Phi) is 3.30. The lowest BCUT2D eigenvalue weighted by atomic mass is 9.90. The highest BCUT2D eigenvalue weighted by Crippen LogP contribution is 2.39. The Bertz CT molecular complexity index is 976. The summed E-state index contributed by atoms with van der Waals surface area (Å²) in [6.07, 6.45) is 3.65. The minimum atomic E-state index is -0.210. The molecule has 3 aromatic rings. The van der Waals surface area contributed by atoms with Crippen molar-refractivity contribution in [3.05, 3.63) is 70.6 Å². The smallest absolute Gasteiger partial charge is 0.343 e. The average molecular weight is 332 g/mol. The third-order valence-electron chi connectivity index (χ3n) is 5.47. The van der Waals surface area contributed by atoms with Gasteiger partial charge in [0.2, 0.25) is 0 Å². The van der Waals surface area contributed by atoms with Gasteiger partial charge < -0.3 is 14.2 Å². The molecule has 1 fully saturated rings. The lowest BCUT2D eigenvalue weighted by molar-refractivity contribution is 0.378. The van der Waals surface area contributed by atoms with Crippen molar-refractivity contribution in [3.63, 3.8) is 0 Å². The summed E-state index contributed by atoms with van der Waals surface area (Å²) in [5.74, 6) is 0. The summed E-state index contributed by atoms with van der Waals surface area (Å²) >= 11 is 0. The molecule has 0 saturated heterocycles. The molecular weight excluding hydrogens is 312 g/mol. The van der Waals surface area contributed by atoms with Crippen LogP contribution in [0.3, 0.4) is 0 Å². The number of hydrogen-bond acceptors (Lipinski definition) is 4. The number of anilines is 2. The number of nitrogens with zero attached hydrogens (tertiary/aromatic N) is 2. The standard InChI is InChI=1S/C21H20N2O2/c24-21-18-13-22(15-7-2-1-3-8-15)14-23(16-9-6-10-16)20(18)17-11-4-5-12-19(17)25-21/h1-5,7-8,11-12,16H,6,9-10,13-14H2. The molecule has 0 atom stereocenters. The zero-order valence-electron chi connectivity index (χ0n) is 14.0. The van der Waals surface area contributed by atoms with E-state index in [2.05, 4.69) is 28.0 Å². The number of hydrogen-bond donors (Lipinski definition) is 0. The van der Waals surface area contributed by atoms with E-state index >= 15 is 0 Å². The molecule has 0 N–H and O–H groups in total. The van der Waals surface area contributed by atoms with E-state index in [0.29, 0.717) is 18.2 Å². The van der Waals surface area contributed by atoms with Gasteiger partial charge >= 0.3 is 5.63 Å². The predicted octanol–water partition coefficient (Wildman–Crippen LogP) is 4.13. The van der Waals surface area contributed by atoms with Gasteiger partial charge in [-0.15, -0.1) is 0 Å². The quantitative estimate of drug-likeness (QED) is 0.661. The van der Waals surface area contributed by atoms with Gasteiger partial charge in [0.05, 0.1) is 24.5 Å². The van der Waals surface area contributed by atoms with Crippen LogP contribution in [0.2, 0.25) is 0 Å². The Labute approximate surface area is 146 Å². The third-order valence-corrected chi connectivity index (χ3v) is 5.47. The van der Waals surface area contributed by atoms with Gasteiger partial charge in [-0.1, -0.05) is 30.3 Å². The fourth-order valence-corrected chi connectivity index (χ4v) is 3.94. The van der Waals surface area contributed by atoms with Gasteiger partial charge in [0.25, 0.3) is 0 Å². The highest BCUT2D eigenvalue weighted by atomic mass is 16.4. The van der Waals surface area contributed by atoms with Crippen LogP contribution < -0.4 is 15.4 Å². The molecule has 0 bridgehead atoms. The molecule has 4 heteroatoms. The third kappa shape index (κ3) is 2.32. The monoisotopic (exact) mass is 332 g/mol. The van der Waals surface area contributed by atoms with E-state index in [1.54, 1.807) is 0 Å². The van der Waals surface area contributed by atoms with Gasteiger partial charge in [0.1, 0.15) is 5.58 Å². The van der Waals surface area contributed by atoms with Crippen molar-refractivity contribution < 1.29 is 4.42 Å². The van der Waals surface area contributed by atoms with E-state index in [9.17, 15) is 4.79 Å². The maximum atomic E-state index is 12.7. The Morgan fingerprint density at radius 3 is 2.48 bits per heavy atom. The summed E-state index contributed by atoms with van der Waals surface area (Å²) in [7, 11) is 0. The average Bonchev–Trinajstić information content (AvgIpc) is 2.61. The SMILES string of the molecule is O=c1oc2ccccc2c2c1CN(c1ccccc1)CN2C1CCC1. The van der Waals surface area contributed by atoms with Crippen molar-refractivity contribution >= 4 is 22.3 Å². The largest absolute Gasteiger partial charge is 0.422 e. The Hall–Kier alpha value is -2.75. The first-order valence-corrected chi connectivity index (χ1v) is 8.92. The lowest BCUT2D eigenvalue weighted by Crippen LogP contribution is -2.51. The second-order valence-electron chi connectivity index (χ2n) is 6.94. The van der Waals surface area contributed by atoms with E-state index in [0.717, 1.165) is 29.0 Å². The van der Waals surface area contributed by atoms with Crippen LogP contribution in [0.25, 0.3) is 11.0 Å². The van der Waals surface area contributed by atoms with Crippen molar-refractivity contribution in [1.82, 2.24) is 0 Å². The van der Waals surface area contributed by atoms with Crippen LogP contribution in [0.1, 0.15) is 24.8 Å². The van der Waals surface area contributed by atoms with Crippen LogP contribution in [-0.4, -0.2) is 12.7 Å². The van der Waals surface area contributed by atoms with E-state index in [4.69, 9.17) is 4.42 Å². The molecule has 126 valence electrons. The number of para-hydroxylation sites is 2. The summed E-state index contributed by atoms with van der Waals surface area (Å²) in [6.45, 7) is 1.41. The molecule has 0 spiro atoms. The number of fused-ring (bicyclic) bond motifs is 3. The zero-order valence-corrected chi connectivity index (χ0v) is 14.0. The molecule has 5 rings (SSSR count). The molecule has 1 aliphatic heterocycles. The second kappa shape index (κ2) is 5.66. The molecule has 4 nitrogen and oxygen atoms in total. The molecule has 1 aliphatic carbocycles. The van der Waals surface area contributed by atoms with E-state index < -0.39 is 0 Å². The molecule has 1 saturated carbocycles. The van der Waals surface area contributed by atoms with Gasteiger partial charge in [-0.25, -0.2) is 4.79 Å². The highest BCUT2D eigenvalue weighted by molar-refractivity contribution is 5.93. The van der Waals surface area contributed by atoms with E-state index in [-0.39, 0.29) is 5.63 Å². The minimum Gasteiger partial charge on any atom is -0.422 e. The van der Waals surface area contributed by atoms with Crippen LogP contribution in [0.5, 0.6) is 0 Å². The van der Waals surface area contributed by atoms with Gasteiger partial charge in [-0.2, -0.15) is 0 Å². The van der Waals surface area contributed by atoms with Gasteiger partial charge in [0.15, 0.2) is 0 Å². The van der Waals surface area contributed by atoms with Gasteiger partial charge in [-0.3, -0.25) is 0 Å². The van der Waals surface area contributed by atoms with Crippen LogP contribution >= 0.6 is 0 Å². The topological polar surface area (TPSA) is 36.7 Å². The van der Waals surface area contributed by atoms with Crippen molar-refractivity contribution in [3.8, 4) is 0 Å². The molecule has 1 aromatic heterocycles. The first kappa shape index (κ1) is 14.6. The van der Waals surface area contributed by atoms with Crippen LogP contribution in [-0.2, 0) is 6.54 Å². The second-order valence-corrected chi connectivity index (χ2v) is 6.94. The van der Waals surface area contributed by atoms with Crippen molar-refractivity contribution in [2.24, 2.45) is 0 Å². The first-order chi connectivity index (χ1) is 12.3. The molecule has 2 aliphatic rings. The van der Waals surface area contributed by atoms with Gasteiger partial charge in [0, 0.05) is 17.1 Å². The molecule has 25 heavy (non-hydrogen) atoms. The number of benzene rings is 2. The summed E-state index contributed by atoms with van der Waals surface area (Å²) < 4.78 is 5.62. The lowest BCUT2D eigenvalue weighted by Gasteiger charge is -2.46. The van der Waals surface area contributed by atoms with Crippen molar-refractivity contribution in [2.45, 2.75) is 31.8 Å². The summed E-state index contributed by atoms with van der Waals surface area (Å²) in [5.41, 5.74) is 3.48. The van der Waals surface area contributed by atoms with E-state index in [1.165, 1.54) is 19.3 Å². The Morgan fingerprint density at radius 2 is 1.72 bits per heavy atom. The normalized spacial score (nSPS) is 17.4. The van der Waals surface area contributed by atoms with Crippen LogP contribution in [0.15, 0.2) is 63.8 Å². The maximum Gasteiger partial charge on any atom is 0.343 e. The molecule has 0 radical (unpaired) electrons. The van der Waals surface area contributed by atoms with Crippen LogP contribution in [0.4, 0.5) is 11.4 Å². The zero-order chi connectivity index (χ0) is 16.8. The summed E-state index contributed by atoms with van der Waals surface area (Å²) in [6, 6.07) is 18.7. The predicted molar refractivity (Wildman–Crippen MR) is 100 cm³/mol. The summed E-state index contributed by atoms with van der Waals surface area (Å²) in [4.78, 5) is 17.4. The summed E-state index contributed by atoms with van der Waals surface area (Å²) in [5, 5.41) is 1.05. The maximum absolute atomic E-state index is 12.7. The first-order valence-electron chi connectivity index (χ1n) is 8.92. The fourth-order valence-electron chi connectivity index (χ4n) is 3.94. The van der Waals surface area contributed by atoms with Crippen molar-refractivity contribution in [1.29, 1.82) is 0 Å². The fraction of sp³-hybridized carbons (Fsp3) is 0.286. The number of rotatable bonds is 2. The molecule has 2 heterocycles. The van der Waals surface area contributed by atoms with E-state index in [1.807, 2.05) is 36.4 Å². The Morgan fingerprint density at radius 1 is 0.960 bits per heavy atom. The van der Waals surface area contributed by atoms with Crippen LogP contribution in [0, 0.1) is 0 Å². The molecule has 0 unspecified atom stereocenters. The molecular formula is C21H20N2O2. The van der Waals surface area contributed by atoms with Gasteiger partial charge in [-0.05, 0) is 43.5 Å². The molecule has 2 aromatic carbocycles. The van der Waals surface area contributed by atoms with Crippen molar-refractivity contribution in [2.75, 3.05) is 16.5 Å².